The van der Waals surface area contributed by atoms with Crippen LogP contribution in [0.4, 0.5) is 13.2 Å². The van der Waals surface area contributed by atoms with Gasteiger partial charge in [-0.1, -0.05) is 0 Å². The summed E-state index contributed by atoms with van der Waals surface area (Å²) in [4.78, 5) is 34.4. The van der Waals surface area contributed by atoms with E-state index in [0.717, 1.165) is 25.0 Å². The molecule has 1 fully saturated rings. The van der Waals surface area contributed by atoms with E-state index in [9.17, 15) is 27.6 Å². The Labute approximate surface area is 133 Å². The highest BCUT2D eigenvalue weighted by Gasteiger charge is 2.29. The molecule has 1 aromatic carbocycles. The molecule has 23 heavy (non-hydrogen) atoms. The van der Waals surface area contributed by atoms with Crippen molar-refractivity contribution in [1.29, 1.82) is 0 Å². The number of hydrazine groups is 1. The fourth-order valence-corrected chi connectivity index (χ4v) is 2.07. The summed E-state index contributed by atoms with van der Waals surface area (Å²) in [6.45, 7) is 0. The van der Waals surface area contributed by atoms with Crippen molar-refractivity contribution in [3.63, 3.8) is 0 Å². The third-order valence-electron chi connectivity index (χ3n) is 2.76. The Kier molecular flexibility index (Phi) is 5.14. The number of carbonyl (C=O) groups is 3. The van der Waals surface area contributed by atoms with E-state index in [0.29, 0.717) is 0 Å². The predicted molar refractivity (Wildman–Crippen MR) is 75.1 cm³/mol. The summed E-state index contributed by atoms with van der Waals surface area (Å²) < 4.78 is 36.5. The Bertz CT molecular complexity index is 615. The summed E-state index contributed by atoms with van der Waals surface area (Å²) >= 11 is -0.299. The quantitative estimate of drug-likeness (QED) is 0.437. The van der Waals surface area contributed by atoms with Gasteiger partial charge in [-0.25, -0.2) is 0 Å². The van der Waals surface area contributed by atoms with Crippen molar-refractivity contribution in [1.82, 2.24) is 16.2 Å². The van der Waals surface area contributed by atoms with Crippen molar-refractivity contribution in [3.8, 4) is 0 Å². The molecule has 3 amide bonds. The monoisotopic (exact) mass is 347 g/mol. The van der Waals surface area contributed by atoms with E-state index in [4.69, 9.17) is 0 Å². The minimum atomic E-state index is -4.41. The molecule has 6 nitrogen and oxygen atoms in total. The molecule has 1 aromatic rings. The van der Waals surface area contributed by atoms with Crippen LogP contribution < -0.4 is 16.2 Å². The van der Waals surface area contributed by atoms with Crippen LogP contribution in [0.5, 0.6) is 0 Å². The highest BCUT2D eigenvalue weighted by atomic mass is 32.2. The number of hydrogen-bond acceptors (Lipinski definition) is 4. The Balaban J connectivity index is 1.82. The number of alkyl halides is 3. The van der Waals surface area contributed by atoms with Gasteiger partial charge in [0.1, 0.15) is 0 Å². The molecule has 0 aromatic heterocycles. The van der Waals surface area contributed by atoms with E-state index in [1.54, 1.807) is 0 Å². The van der Waals surface area contributed by atoms with Crippen LogP contribution in [-0.2, 0) is 9.59 Å². The molecule has 0 unspecified atom stereocenters. The maximum absolute atomic E-state index is 12.2. The SMILES string of the molecule is O=C(NNC(=O)c1ccc(SC(F)(F)F)cc1)C(=O)NC1CC1. The number of thioether (sulfide) groups is 1. The van der Waals surface area contributed by atoms with Gasteiger partial charge in [-0.05, 0) is 48.9 Å². The zero-order valence-electron chi connectivity index (χ0n) is 11.6. The standard InChI is InChI=1S/C13H12F3N3O3S/c14-13(15,16)23-9-5-1-7(2-6-9)10(20)18-19-12(22)11(21)17-8-3-4-8/h1-2,5-6,8H,3-4H2,(H,17,21)(H,18,20)(H,19,22). The van der Waals surface area contributed by atoms with Gasteiger partial charge in [0.25, 0.3) is 5.91 Å². The lowest BCUT2D eigenvalue weighted by atomic mass is 10.2. The molecule has 0 bridgehead atoms. The van der Waals surface area contributed by atoms with E-state index in [-0.39, 0.29) is 28.3 Å². The smallest absolute Gasteiger partial charge is 0.345 e. The molecule has 1 saturated carbocycles. The predicted octanol–water partition coefficient (Wildman–Crippen LogP) is 1.34. The van der Waals surface area contributed by atoms with Gasteiger partial charge in [0.15, 0.2) is 0 Å². The van der Waals surface area contributed by atoms with E-state index in [1.165, 1.54) is 12.1 Å². The lowest BCUT2D eigenvalue weighted by Gasteiger charge is -2.08. The van der Waals surface area contributed by atoms with Crippen molar-refractivity contribution in [3.05, 3.63) is 29.8 Å². The van der Waals surface area contributed by atoms with E-state index in [2.05, 4.69) is 5.32 Å². The molecular weight excluding hydrogens is 335 g/mol. The molecule has 3 N–H and O–H groups in total. The van der Waals surface area contributed by atoms with Crippen LogP contribution in [-0.4, -0.2) is 29.3 Å². The number of halogens is 3. The maximum Gasteiger partial charge on any atom is 0.446 e. The molecule has 0 atom stereocenters. The number of rotatable bonds is 3. The Hall–Kier alpha value is -2.23. The highest BCUT2D eigenvalue weighted by molar-refractivity contribution is 8.00. The van der Waals surface area contributed by atoms with E-state index in [1.807, 2.05) is 10.9 Å². The molecule has 2 rings (SSSR count). The molecule has 0 saturated heterocycles. The van der Waals surface area contributed by atoms with Gasteiger partial charge >= 0.3 is 17.3 Å². The van der Waals surface area contributed by atoms with E-state index < -0.39 is 23.2 Å². The Morgan fingerprint density at radius 2 is 1.61 bits per heavy atom. The molecule has 0 aliphatic heterocycles. The number of benzene rings is 1. The van der Waals surface area contributed by atoms with Crippen LogP contribution in [0.3, 0.4) is 0 Å². The van der Waals surface area contributed by atoms with Gasteiger partial charge in [0, 0.05) is 16.5 Å². The second-order valence-electron chi connectivity index (χ2n) is 4.73. The zero-order valence-corrected chi connectivity index (χ0v) is 12.4. The second-order valence-corrected chi connectivity index (χ2v) is 5.87. The summed E-state index contributed by atoms with van der Waals surface area (Å²) in [5.74, 6) is -2.62. The molecule has 10 heteroatoms. The van der Waals surface area contributed by atoms with Crippen LogP contribution in [0.2, 0.25) is 0 Å². The van der Waals surface area contributed by atoms with Crippen molar-refractivity contribution in [2.45, 2.75) is 29.3 Å². The maximum atomic E-state index is 12.2. The fourth-order valence-electron chi connectivity index (χ4n) is 1.53. The van der Waals surface area contributed by atoms with Gasteiger partial charge in [-0.2, -0.15) is 13.2 Å². The topological polar surface area (TPSA) is 87.3 Å². The average molecular weight is 347 g/mol. The summed E-state index contributed by atoms with van der Waals surface area (Å²) in [7, 11) is 0. The minimum absolute atomic E-state index is 0.00243. The first-order valence-corrected chi connectivity index (χ1v) is 7.33. The lowest BCUT2D eigenvalue weighted by molar-refractivity contribution is -0.139. The van der Waals surface area contributed by atoms with Gasteiger partial charge in [0.05, 0.1) is 0 Å². The van der Waals surface area contributed by atoms with Crippen LogP contribution in [0.25, 0.3) is 0 Å². The lowest BCUT2D eigenvalue weighted by Crippen LogP contribution is -2.48. The highest BCUT2D eigenvalue weighted by Crippen LogP contribution is 2.36. The van der Waals surface area contributed by atoms with Crippen LogP contribution >= 0.6 is 11.8 Å². The molecular formula is C13H12F3N3O3S. The Morgan fingerprint density at radius 1 is 1.00 bits per heavy atom. The van der Waals surface area contributed by atoms with Crippen molar-refractivity contribution >= 4 is 29.5 Å². The molecule has 0 radical (unpaired) electrons. The summed E-state index contributed by atoms with van der Waals surface area (Å²) in [5, 5.41) is 2.43. The summed E-state index contributed by atoms with van der Waals surface area (Å²) in [6.07, 6.45) is 1.63. The molecule has 1 aliphatic carbocycles. The van der Waals surface area contributed by atoms with Crippen molar-refractivity contribution in [2.24, 2.45) is 0 Å². The molecule has 0 spiro atoms. The van der Waals surface area contributed by atoms with Gasteiger partial charge < -0.3 is 5.32 Å². The van der Waals surface area contributed by atoms with Crippen LogP contribution in [0.1, 0.15) is 23.2 Å². The summed E-state index contributed by atoms with van der Waals surface area (Å²) in [6, 6.07) is 4.63. The minimum Gasteiger partial charge on any atom is -0.345 e. The average Bonchev–Trinajstić information content (AvgIpc) is 3.27. The van der Waals surface area contributed by atoms with Crippen LogP contribution in [0, 0.1) is 0 Å². The second kappa shape index (κ2) is 6.90. The first-order chi connectivity index (χ1) is 10.7. The van der Waals surface area contributed by atoms with Crippen molar-refractivity contribution < 1.29 is 27.6 Å². The third-order valence-corrected chi connectivity index (χ3v) is 3.50. The zero-order chi connectivity index (χ0) is 17.0. The van der Waals surface area contributed by atoms with Gasteiger partial charge in [-0.3, -0.25) is 25.2 Å². The Morgan fingerprint density at radius 3 is 2.13 bits per heavy atom. The first kappa shape index (κ1) is 17.1. The summed E-state index contributed by atoms with van der Waals surface area (Å²) in [5.41, 5.74) is -0.425. The third kappa shape index (κ3) is 5.81. The van der Waals surface area contributed by atoms with Gasteiger partial charge in [0.2, 0.25) is 0 Å². The fraction of sp³-hybridized carbons (Fsp3) is 0.308. The largest absolute Gasteiger partial charge is 0.446 e. The number of carbonyl (C=O) groups excluding carboxylic acids is 3. The van der Waals surface area contributed by atoms with E-state index >= 15 is 0 Å². The molecule has 1 aliphatic rings. The first-order valence-electron chi connectivity index (χ1n) is 6.51. The van der Waals surface area contributed by atoms with Crippen LogP contribution in [0.15, 0.2) is 29.2 Å². The molecule has 0 heterocycles. The molecule has 124 valence electrons. The normalized spacial score (nSPS) is 14.0. The van der Waals surface area contributed by atoms with Gasteiger partial charge in [-0.15, -0.1) is 0 Å². The number of nitrogens with one attached hydrogen (secondary N) is 3. The number of hydrogen-bond donors (Lipinski definition) is 3. The van der Waals surface area contributed by atoms with Crippen molar-refractivity contribution in [2.75, 3.05) is 0 Å². The number of amides is 3.